The van der Waals surface area contributed by atoms with Gasteiger partial charge in [0.05, 0.1) is 0 Å². The highest BCUT2D eigenvalue weighted by Crippen LogP contribution is 2.28. The van der Waals surface area contributed by atoms with Gasteiger partial charge in [-0.1, -0.05) is 13.3 Å². The summed E-state index contributed by atoms with van der Waals surface area (Å²) < 4.78 is 5.57. The molecule has 0 bridgehead atoms. The molecule has 3 N–H and O–H groups in total. The molecule has 0 heterocycles. The van der Waals surface area contributed by atoms with Gasteiger partial charge in [-0.2, -0.15) is 0 Å². The fourth-order valence-electron chi connectivity index (χ4n) is 1.87. The van der Waals surface area contributed by atoms with Gasteiger partial charge in [0.15, 0.2) is 0 Å². The van der Waals surface area contributed by atoms with E-state index in [4.69, 9.17) is 10.5 Å². The summed E-state index contributed by atoms with van der Waals surface area (Å²) in [5.41, 5.74) is 6.07. The topological polar surface area (TPSA) is 47.3 Å². The van der Waals surface area contributed by atoms with Crippen LogP contribution in [0, 0.1) is 5.92 Å². The van der Waals surface area contributed by atoms with Crippen molar-refractivity contribution in [2.24, 2.45) is 11.7 Å². The molecule has 0 aromatic carbocycles. The summed E-state index contributed by atoms with van der Waals surface area (Å²) in [6.45, 7) is 8.08. The molecule has 0 aromatic rings. The van der Waals surface area contributed by atoms with Crippen LogP contribution in [0.25, 0.3) is 0 Å². The van der Waals surface area contributed by atoms with Crippen LogP contribution in [0.5, 0.6) is 0 Å². The Morgan fingerprint density at radius 3 is 2.81 bits per heavy atom. The molecule has 0 spiro atoms. The maximum Gasteiger partial charge on any atom is 0.0494 e. The Bertz CT molecular complexity index is 179. The number of hydrogen-bond acceptors (Lipinski definition) is 3. The third-order valence-electron chi connectivity index (χ3n) is 3.04. The lowest BCUT2D eigenvalue weighted by Crippen LogP contribution is -2.46. The maximum absolute atomic E-state index is 6.12. The summed E-state index contributed by atoms with van der Waals surface area (Å²) in [6, 6.07) is 0. The highest BCUT2D eigenvalue weighted by molar-refractivity contribution is 4.80. The Hall–Kier alpha value is -0.120. The van der Waals surface area contributed by atoms with E-state index in [1.165, 1.54) is 12.8 Å². The van der Waals surface area contributed by atoms with E-state index in [1.54, 1.807) is 0 Å². The molecule has 1 saturated carbocycles. The Balaban J connectivity index is 1.82. The predicted octanol–water partition coefficient (Wildman–Crippen LogP) is 1.91. The van der Waals surface area contributed by atoms with Gasteiger partial charge in [0.25, 0.3) is 0 Å². The number of hydrogen-bond donors (Lipinski definition) is 2. The summed E-state index contributed by atoms with van der Waals surface area (Å²) in [7, 11) is 0. The first kappa shape index (κ1) is 13.9. The average Bonchev–Trinajstić information content (AvgIpc) is 3.00. The van der Waals surface area contributed by atoms with E-state index in [0.717, 1.165) is 51.5 Å². The first-order valence-corrected chi connectivity index (χ1v) is 6.71. The van der Waals surface area contributed by atoms with Crippen molar-refractivity contribution in [3.05, 3.63) is 0 Å². The third-order valence-corrected chi connectivity index (χ3v) is 3.04. The first-order chi connectivity index (χ1) is 7.64. The van der Waals surface area contributed by atoms with E-state index in [9.17, 15) is 0 Å². The van der Waals surface area contributed by atoms with Crippen LogP contribution < -0.4 is 11.1 Å². The minimum atomic E-state index is -0.0520. The van der Waals surface area contributed by atoms with Crippen LogP contribution in [0.4, 0.5) is 0 Å². The second-order valence-corrected chi connectivity index (χ2v) is 5.45. The standard InChI is InChI=1S/C13H28N2O/c1-3-7-13(2,14)11-15-8-4-9-16-10-12-5-6-12/h12,15H,3-11,14H2,1-2H3. The van der Waals surface area contributed by atoms with E-state index < -0.39 is 0 Å². The molecule has 96 valence electrons. The summed E-state index contributed by atoms with van der Waals surface area (Å²) in [4.78, 5) is 0. The summed E-state index contributed by atoms with van der Waals surface area (Å²) in [5, 5.41) is 3.41. The van der Waals surface area contributed by atoms with Gasteiger partial charge in [0, 0.05) is 25.3 Å². The molecule has 0 amide bonds. The average molecular weight is 228 g/mol. The minimum Gasteiger partial charge on any atom is -0.381 e. The van der Waals surface area contributed by atoms with E-state index in [1.807, 2.05) is 0 Å². The lowest BCUT2D eigenvalue weighted by molar-refractivity contribution is 0.121. The number of ether oxygens (including phenoxy) is 1. The highest BCUT2D eigenvalue weighted by Gasteiger charge is 2.20. The molecule has 0 aliphatic heterocycles. The smallest absolute Gasteiger partial charge is 0.0494 e. The molecule has 1 rings (SSSR count). The van der Waals surface area contributed by atoms with Crippen molar-refractivity contribution in [3.63, 3.8) is 0 Å². The van der Waals surface area contributed by atoms with Gasteiger partial charge in [0.2, 0.25) is 0 Å². The SMILES string of the molecule is CCCC(C)(N)CNCCCOCC1CC1. The molecule has 16 heavy (non-hydrogen) atoms. The molecule has 0 saturated heterocycles. The summed E-state index contributed by atoms with van der Waals surface area (Å²) in [6.07, 6.45) is 6.08. The molecule has 1 aliphatic rings. The van der Waals surface area contributed by atoms with E-state index >= 15 is 0 Å². The summed E-state index contributed by atoms with van der Waals surface area (Å²) in [5.74, 6) is 0.879. The van der Waals surface area contributed by atoms with Crippen molar-refractivity contribution in [1.29, 1.82) is 0 Å². The van der Waals surface area contributed by atoms with Crippen molar-refractivity contribution in [3.8, 4) is 0 Å². The van der Waals surface area contributed by atoms with Crippen LogP contribution in [0.15, 0.2) is 0 Å². The normalized spacial score (nSPS) is 19.7. The van der Waals surface area contributed by atoms with E-state index in [2.05, 4.69) is 19.2 Å². The van der Waals surface area contributed by atoms with Crippen molar-refractivity contribution >= 4 is 0 Å². The molecule has 3 heteroatoms. The fraction of sp³-hybridized carbons (Fsp3) is 1.00. The van der Waals surface area contributed by atoms with Gasteiger partial charge in [-0.25, -0.2) is 0 Å². The van der Waals surface area contributed by atoms with Gasteiger partial charge in [-0.3, -0.25) is 0 Å². The predicted molar refractivity (Wildman–Crippen MR) is 68.5 cm³/mol. The second kappa shape index (κ2) is 7.25. The minimum absolute atomic E-state index is 0.0520. The van der Waals surface area contributed by atoms with Crippen molar-refractivity contribution in [1.82, 2.24) is 5.32 Å². The quantitative estimate of drug-likeness (QED) is 0.562. The van der Waals surface area contributed by atoms with Crippen molar-refractivity contribution in [2.45, 2.75) is 51.5 Å². The lowest BCUT2D eigenvalue weighted by Gasteiger charge is -2.24. The molecule has 1 fully saturated rings. The van der Waals surface area contributed by atoms with Crippen LogP contribution in [0.1, 0.15) is 46.0 Å². The number of nitrogens with one attached hydrogen (secondary N) is 1. The third kappa shape index (κ3) is 7.20. The van der Waals surface area contributed by atoms with Gasteiger partial charge in [0.1, 0.15) is 0 Å². The molecule has 1 aliphatic carbocycles. The molecule has 0 radical (unpaired) electrons. The molecule has 1 unspecified atom stereocenters. The fourth-order valence-corrected chi connectivity index (χ4v) is 1.87. The van der Waals surface area contributed by atoms with Crippen LogP contribution in [0.3, 0.4) is 0 Å². The Morgan fingerprint density at radius 2 is 2.19 bits per heavy atom. The van der Waals surface area contributed by atoms with Crippen LogP contribution in [-0.4, -0.2) is 31.8 Å². The van der Waals surface area contributed by atoms with Gasteiger partial charge in [-0.15, -0.1) is 0 Å². The van der Waals surface area contributed by atoms with E-state index in [-0.39, 0.29) is 5.54 Å². The monoisotopic (exact) mass is 228 g/mol. The van der Waals surface area contributed by atoms with Gasteiger partial charge in [-0.05, 0) is 45.1 Å². The van der Waals surface area contributed by atoms with Crippen molar-refractivity contribution in [2.75, 3.05) is 26.3 Å². The largest absolute Gasteiger partial charge is 0.381 e. The summed E-state index contributed by atoms with van der Waals surface area (Å²) >= 11 is 0. The van der Waals surface area contributed by atoms with Crippen molar-refractivity contribution < 1.29 is 4.74 Å². The zero-order valence-electron chi connectivity index (χ0n) is 10.9. The lowest BCUT2D eigenvalue weighted by atomic mass is 9.98. The maximum atomic E-state index is 6.12. The number of rotatable bonds is 10. The van der Waals surface area contributed by atoms with Gasteiger partial charge >= 0.3 is 0 Å². The zero-order chi connectivity index (χ0) is 11.9. The zero-order valence-corrected chi connectivity index (χ0v) is 10.9. The Labute approximate surface area is 100 Å². The Morgan fingerprint density at radius 1 is 1.44 bits per heavy atom. The van der Waals surface area contributed by atoms with Gasteiger partial charge < -0.3 is 15.8 Å². The molecule has 3 nitrogen and oxygen atoms in total. The van der Waals surface area contributed by atoms with Crippen LogP contribution in [0.2, 0.25) is 0 Å². The van der Waals surface area contributed by atoms with Crippen LogP contribution in [-0.2, 0) is 4.74 Å². The first-order valence-electron chi connectivity index (χ1n) is 6.71. The second-order valence-electron chi connectivity index (χ2n) is 5.45. The Kier molecular flexibility index (Phi) is 6.32. The molecular weight excluding hydrogens is 200 g/mol. The molecule has 0 aromatic heterocycles. The molecule has 1 atom stereocenters. The van der Waals surface area contributed by atoms with Crippen LogP contribution >= 0.6 is 0 Å². The van der Waals surface area contributed by atoms with E-state index in [0.29, 0.717) is 0 Å². The highest BCUT2D eigenvalue weighted by atomic mass is 16.5. The molecular formula is C13H28N2O. The number of nitrogens with two attached hydrogens (primary N) is 1.